The van der Waals surface area contributed by atoms with Gasteiger partial charge in [-0.05, 0) is 44.8 Å². The van der Waals surface area contributed by atoms with Crippen LogP contribution >= 0.6 is 0 Å². The average Bonchev–Trinajstić information content (AvgIpc) is 3.39. The molecular weight excluding hydrogens is 332 g/mol. The summed E-state index contributed by atoms with van der Waals surface area (Å²) in [7, 11) is 0. The van der Waals surface area contributed by atoms with E-state index in [-0.39, 0.29) is 6.47 Å². The second-order valence-electron chi connectivity index (χ2n) is 6.68. The molecule has 5 rings (SSSR count). The first-order valence-corrected chi connectivity index (χ1v) is 9.06. The van der Waals surface area contributed by atoms with Crippen LogP contribution < -0.4 is 5.32 Å². The predicted octanol–water partition coefficient (Wildman–Crippen LogP) is 2.81. The minimum atomic E-state index is -0.250. The van der Waals surface area contributed by atoms with Crippen molar-refractivity contribution in [1.29, 1.82) is 0 Å². The number of piperidine rings is 1. The summed E-state index contributed by atoms with van der Waals surface area (Å²) in [5.41, 5.74) is 3.84. The van der Waals surface area contributed by atoms with Gasteiger partial charge in [-0.25, -0.2) is 0 Å². The summed E-state index contributed by atoms with van der Waals surface area (Å²) in [6.07, 6.45) is 4.46. The minimum Gasteiger partial charge on any atom is -0.483 e. The van der Waals surface area contributed by atoms with Crippen molar-refractivity contribution >= 4 is 17.4 Å². The van der Waals surface area contributed by atoms with Crippen molar-refractivity contribution < 1.29 is 14.4 Å². The first-order valence-electron chi connectivity index (χ1n) is 9.06. The lowest BCUT2D eigenvalue weighted by Gasteiger charge is -2.18. The SMILES string of the molecule is O=CO.c1ccc2c(c1)c(-c1noc(C3CCNCC3)n1)c1n2CCC1. The van der Waals surface area contributed by atoms with Gasteiger partial charge < -0.3 is 19.5 Å². The van der Waals surface area contributed by atoms with E-state index < -0.39 is 0 Å². The van der Waals surface area contributed by atoms with Crippen LogP contribution in [0.15, 0.2) is 28.8 Å². The maximum atomic E-state index is 8.36. The molecule has 2 N–H and O–H groups in total. The fourth-order valence-electron chi connectivity index (χ4n) is 4.10. The zero-order valence-corrected chi connectivity index (χ0v) is 14.5. The molecule has 7 nitrogen and oxygen atoms in total. The highest BCUT2D eigenvalue weighted by molar-refractivity contribution is 5.96. The third-order valence-corrected chi connectivity index (χ3v) is 5.23. The van der Waals surface area contributed by atoms with Crippen LogP contribution in [0.2, 0.25) is 0 Å². The summed E-state index contributed by atoms with van der Waals surface area (Å²) in [4.78, 5) is 13.1. The zero-order valence-electron chi connectivity index (χ0n) is 14.5. The largest absolute Gasteiger partial charge is 0.483 e. The number of para-hydroxylation sites is 1. The monoisotopic (exact) mass is 354 g/mol. The van der Waals surface area contributed by atoms with Crippen molar-refractivity contribution in [3.63, 3.8) is 0 Å². The Balaban J connectivity index is 0.000000527. The molecule has 0 atom stereocenters. The number of fused-ring (bicyclic) bond motifs is 3. The highest BCUT2D eigenvalue weighted by Gasteiger charge is 2.27. The van der Waals surface area contributed by atoms with E-state index in [0.29, 0.717) is 5.92 Å². The summed E-state index contributed by atoms with van der Waals surface area (Å²) >= 11 is 0. The number of aromatic nitrogens is 3. The Labute approximate surface area is 151 Å². The third kappa shape index (κ3) is 2.88. The number of rotatable bonds is 2. The molecular formula is C19H22N4O3. The lowest BCUT2D eigenvalue weighted by Crippen LogP contribution is -2.26. The molecule has 0 aliphatic carbocycles. The number of hydrogen-bond donors (Lipinski definition) is 2. The number of benzene rings is 1. The smallest absolute Gasteiger partial charge is 0.290 e. The van der Waals surface area contributed by atoms with Gasteiger partial charge in [-0.1, -0.05) is 23.4 Å². The summed E-state index contributed by atoms with van der Waals surface area (Å²) in [6, 6.07) is 8.57. The van der Waals surface area contributed by atoms with Crippen LogP contribution in [-0.4, -0.2) is 39.4 Å². The molecule has 1 fully saturated rings. The van der Waals surface area contributed by atoms with Crippen molar-refractivity contribution in [1.82, 2.24) is 20.0 Å². The van der Waals surface area contributed by atoms with Gasteiger partial charge in [-0.2, -0.15) is 4.98 Å². The van der Waals surface area contributed by atoms with Crippen molar-refractivity contribution in [3.05, 3.63) is 35.9 Å². The molecule has 1 saturated heterocycles. The third-order valence-electron chi connectivity index (χ3n) is 5.23. The van der Waals surface area contributed by atoms with Crippen LogP contribution in [0, 0.1) is 0 Å². The lowest BCUT2D eigenvalue weighted by molar-refractivity contribution is -0.122. The van der Waals surface area contributed by atoms with Crippen molar-refractivity contribution in [2.45, 2.75) is 38.1 Å². The van der Waals surface area contributed by atoms with E-state index in [1.807, 2.05) is 0 Å². The Morgan fingerprint density at radius 1 is 1.27 bits per heavy atom. The second kappa shape index (κ2) is 7.29. The normalized spacial score (nSPS) is 16.9. The first kappa shape index (κ1) is 16.8. The van der Waals surface area contributed by atoms with E-state index in [9.17, 15) is 0 Å². The summed E-state index contributed by atoms with van der Waals surface area (Å²) in [5, 5.41) is 15.9. The Bertz CT molecular complexity index is 909. The molecule has 0 spiro atoms. The van der Waals surface area contributed by atoms with Crippen LogP contribution in [0.5, 0.6) is 0 Å². The van der Waals surface area contributed by atoms with Gasteiger partial charge >= 0.3 is 0 Å². The number of aryl methyl sites for hydroxylation is 1. The molecule has 4 heterocycles. The van der Waals surface area contributed by atoms with Crippen molar-refractivity contribution in [2.75, 3.05) is 13.1 Å². The van der Waals surface area contributed by atoms with Crippen LogP contribution in [0.25, 0.3) is 22.3 Å². The fraction of sp³-hybridized carbons (Fsp3) is 0.421. The fourth-order valence-corrected chi connectivity index (χ4v) is 4.10. The number of carbonyl (C=O) groups is 1. The molecule has 0 bridgehead atoms. The van der Waals surface area contributed by atoms with E-state index in [2.05, 4.69) is 39.3 Å². The van der Waals surface area contributed by atoms with Gasteiger partial charge in [0.2, 0.25) is 11.7 Å². The van der Waals surface area contributed by atoms with Crippen LogP contribution in [0.3, 0.4) is 0 Å². The van der Waals surface area contributed by atoms with Crippen LogP contribution in [0.4, 0.5) is 0 Å². The molecule has 2 aliphatic rings. The molecule has 26 heavy (non-hydrogen) atoms. The Kier molecular flexibility index (Phi) is 4.71. The number of nitrogens with zero attached hydrogens (tertiary/aromatic N) is 3. The van der Waals surface area contributed by atoms with E-state index in [0.717, 1.165) is 50.6 Å². The molecule has 7 heteroatoms. The highest BCUT2D eigenvalue weighted by atomic mass is 16.5. The second-order valence-corrected chi connectivity index (χ2v) is 6.68. The van der Waals surface area contributed by atoms with Gasteiger partial charge in [-0.15, -0.1) is 0 Å². The number of hydrogen-bond acceptors (Lipinski definition) is 5. The van der Waals surface area contributed by atoms with Gasteiger partial charge in [0.25, 0.3) is 6.47 Å². The standard InChI is InChI=1S/C18H20N4O.CH2O2/c1-2-5-14-13(4-1)16(15-6-3-11-22(14)15)17-20-18(23-21-17)12-7-9-19-10-8-12;2-1-3/h1-2,4-5,12,19H,3,6-11H2;1H,(H,2,3). The summed E-state index contributed by atoms with van der Waals surface area (Å²) in [6.45, 7) is 2.91. The average molecular weight is 354 g/mol. The molecule has 3 aromatic rings. The molecule has 2 aromatic heterocycles. The quantitative estimate of drug-likeness (QED) is 0.688. The first-order chi connectivity index (χ1) is 12.8. The molecule has 0 amide bonds. The minimum absolute atomic E-state index is 0.250. The molecule has 1 aromatic carbocycles. The lowest BCUT2D eigenvalue weighted by atomic mass is 9.98. The van der Waals surface area contributed by atoms with E-state index in [1.54, 1.807) is 0 Å². The van der Waals surface area contributed by atoms with Gasteiger partial charge in [0.1, 0.15) is 0 Å². The Morgan fingerprint density at radius 2 is 2.04 bits per heavy atom. The predicted molar refractivity (Wildman–Crippen MR) is 97.1 cm³/mol. The Hall–Kier alpha value is -2.67. The zero-order chi connectivity index (χ0) is 17.9. The van der Waals surface area contributed by atoms with Gasteiger partial charge in [0.05, 0.1) is 5.56 Å². The number of carboxylic acid groups (broad SMARTS) is 1. The maximum absolute atomic E-state index is 8.36. The van der Waals surface area contributed by atoms with Gasteiger partial charge in [0.15, 0.2) is 0 Å². The van der Waals surface area contributed by atoms with E-state index in [4.69, 9.17) is 19.4 Å². The summed E-state index contributed by atoms with van der Waals surface area (Å²) < 4.78 is 8.06. The topological polar surface area (TPSA) is 93.2 Å². The Morgan fingerprint density at radius 3 is 2.85 bits per heavy atom. The molecule has 2 aliphatic heterocycles. The summed E-state index contributed by atoms with van der Waals surface area (Å²) in [5.74, 6) is 1.98. The van der Waals surface area contributed by atoms with Gasteiger partial charge in [0, 0.05) is 29.1 Å². The van der Waals surface area contributed by atoms with Crippen molar-refractivity contribution in [2.24, 2.45) is 0 Å². The van der Waals surface area contributed by atoms with Crippen LogP contribution in [0.1, 0.15) is 36.8 Å². The molecule has 0 unspecified atom stereocenters. The maximum Gasteiger partial charge on any atom is 0.290 e. The van der Waals surface area contributed by atoms with Gasteiger partial charge in [-0.3, -0.25) is 4.79 Å². The molecule has 0 radical (unpaired) electrons. The highest BCUT2D eigenvalue weighted by Crippen LogP contribution is 2.38. The van der Waals surface area contributed by atoms with Crippen LogP contribution in [-0.2, 0) is 17.8 Å². The number of nitrogens with one attached hydrogen (secondary N) is 1. The van der Waals surface area contributed by atoms with Crippen molar-refractivity contribution in [3.8, 4) is 11.4 Å². The van der Waals surface area contributed by atoms with E-state index >= 15 is 0 Å². The molecule has 0 saturated carbocycles. The van der Waals surface area contributed by atoms with E-state index in [1.165, 1.54) is 28.6 Å². The molecule has 136 valence electrons.